The Labute approximate surface area is 175 Å². The van der Waals surface area contributed by atoms with Gasteiger partial charge in [-0.05, 0) is 37.5 Å². The zero-order chi connectivity index (χ0) is 22.7. The van der Waals surface area contributed by atoms with Crippen LogP contribution in [0.1, 0.15) is 71.1 Å². The van der Waals surface area contributed by atoms with Gasteiger partial charge in [-0.2, -0.15) is 0 Å². The highest BCUT2D eigenvalue weighted by Gasteiger charge is 2.20. The maximum atomic E-state index is 12.3. The molecule has 0 saturated heterocycles. The van der Waals surface area contributed by atoms with Crippen LogP contribution < -0.4 is 0 Å². The van der Waals surface area contributed by atoms with Gasteiger partial charge < -0.3 is 29.5 Å². The van der Waals surface area contributed by atoms with Gasteiger partial charge in [0, 0.05) is 0 Å². The summed E-state index contributed by atoms with van der Waals surface area (Å²) >= 11 is 0. The summed E-state index contributed by atoms with van der Waals surface area (Å²) in [6, 6.07) is 3.58. The lowest BCUT2D eigenvalue weighted by molar-refractivity contribution is 0.0239. The van der Waals surface area contributed by atoms with Crippen LogP contribution >= 0.6 is 0 Å². The molecule has 0 fully saturated rings. The molecule has 0 bridgehead atoms. The molecule has 0 aromatic heterocycles. The van der Waals surface area contributed by atoms with E-state index in [1.807, 2.05) is 0 Å². The van der Waals surface area contributed by atoms with E-state index in [9.17, 15) is 29.7 Å². The number of esters is 3. The first kappa shape index (κ1) is 25.5. The van der Waals surface area contributed by atoms with Crippen molar-refractivity contribution >= 4 is 17.9 Å². The second-order valence-electron chi connectivity index (χ2n) is 6.78. The van der Waals surface area contributed by atoms with Crippen molar-refractivity contribution in [3.05, 3.63) is 34.9 Å². The molecule has 9 nitrogen and oxygen atoms in total. The number of benzene rings is 1. The second kappa shape index (κ2) is 12.9. The molecule has 3 unspecified atom stereocenters. The van der Waals surface area contributed by atoms with Gasteiger partial charge in [-0.3, -0.25) is 0 Å². The number of carbonyl (C=O) groups is 3. The molecular formula is C21H30O9. The second-order valence-corrected chi connectivity index (χ2v) is 6.78. The molecule has 1 aromatic rings. The van der Waals surface area contributed by atoms with E-state index in [1.165, 1.54) is 18.2 Å². The van der Waals surface area contributed by atoms with Crippen molar-refractivity contribution in [1.29, 1.82) is 0 Å². The average Bonchev–Trinajstić information content (AvgIpc) is 2.77. The van der Waals surface area contributed by atoms with Crippen molar-refractivity contribution in [2.45, 2.75) is 58.3 Å². The molecule has 9 heteroatoms. The van der Waals surface area contributed by atoms with Crippen LogP contribution in [-0.4, -0.2) is 71.4 Å². The lowest BCUT2D eigenvalue weighted by Gasteiger charge is -2.13. The van der Waals surface area contributed by atoms with E-state index in [0.29, 0.717) is 19.3 Å². The molecule has 0 radical (unpaired) electrons. The molecule has 0 aliphatic carbocycles. The molecule has 0 aliphatic heterocycles. The molecule has 0 heterocycles. The van der Waals surface area contributed by atoms with Crippen molar-refractivity contribution in [1.82, 2.24) is 0 Å². The van der Waals surface area contributed by atoms with Gasteiger partial charge >= 0.3 is 17.9 Å². The normalized spacial score (nSPS) is 13.8. The van der Waals surface area contributed by atoms with E-state index in [0.717, 1.165) is 0 Å². The van der Waals surface area contributed by atoms with Crippen LogP contribution in [0.15, 0.2) is 18.2 Å². The Morgan fingerprint density at radius 1 is 0.633 bits per heavy atom. The molecule has 0 amide bonds. The Balaban J connectivity index is 3.09. The summed E-state index contributed by atoms with van der Waals surface area (Å²) in [5.74, 6) is -2.52. The zero-order valence-electron chi connectivity index (χ0n) is 17.5. The predicted molar refractivity (Wildman–Crippen MR) is 106 cm³/mol. The SMILES string of the molecule is CCC(O)COC(=O)c1cc(C(=O)OCC(O)CC)cc(C(=O)OCC(O)CC)c1. The molecule has 168 valence electrons. The first-order valence-corrected chi connectivity index (χ1v) is 9.92. The van der Waals surface area contributed by atoms with Crippen molar-refractivity contribution in [3.8, 4) is 0 Å². The molecule has 0 aliphatic rings. The highest BCUT2D eigenvalue weighted by Crippen LogP contribution is 2.15. The number of hydrogen-bond donors (Lipinski definition) is 3. The number of aliphatic hydroxyl groups excluding tert-OH is 3. The van der Waals surface area contributed by atoms with Crippen LogP contribution in [0, 0.1) is 0 Å². The minimum absolute atomic E-state index is 0.105. The Hall–Kier alpha value is -2.49. The summed E-state index contributed by atoms with van der Waals surface area (Å²) < 4.78 is 15.0. The van der Waals surface area contributed by atoms with Gasteiger partial charge in [0.2, 0.25) is 0 Å². The van der Waals surface area contributed by atoms with Crippen molar-refractivity contribution in [3.63, 3.8) is 0 Å². The van der Waals surface area contributed by atoms with E-state index >= 15 is 0 Å². The number of aliphatic hydroxyl groups is 3. The fourth-order valence-corrected chi connectivity index (χ4v) is 2.10. The first-order valence-electron chi connectivity index (χ1n) is 9.92. The Morgan fingerprint density at radius 2 is 0.867 bits per heavy atom. The lowest BCUT2D eigenvalue weighted by atomic mass is 10.1. The van der Waals surface area contributed by atoms with E-state index in [4.69, 9.17) is 14.2 Å². The van der Waals surface area contributed by atoms with Crippen LogP contribution in [-0.2, 0) is 14.2 Å². The number of carbonyl (C=O) groups excluding carboxylic acids is 3. The predicted octanol–water partition coefficient (Wildman–Crippen LogP) is 1.47. The number of ether oxygens (including phenoxy) is 3. The lowest BCUT2D eigenvalue weighted by Crippen LogP contribution is -2.21. The highest BCUT2D eigenvalue weighted by atomic mass is 16.6. The molecule has 3 atom stereocenters. The quantitative estimate of drug-likeness (QED) is 0.335. The standard InChI is InChI=1S/C21H30O9/c1-4-16(22)10-28-19(25)13-7-14(20(26)29-11-17(23)5-2)9-15(8-13)21(27)30-12-18(24)6-3/h7-9,16-18,22-24H,4-6,10-12H2,1-3H3. The van der Waals surface area contributed by atoms with E-state index in [-0.39, 0.29) is 36.5 Å². The summed E-state index contributed by atoms with van der Waals surface area (Å²) in [5, 5.41) is 28.7. The minimum atomic E-state index is -0.839. The third-order valence-corrected chi connectivity index (χ3v) is 4.27. The minimum Gasteiger partial charge on any atom is -0.459 e. The van der Waals surface area contributed by atoms with Gasteiger partial charge in [-0.15, -0.1) is 0 Å². The van der Waals surface area contributed by atoms with Gasteiger partial charge in [-0.25, -0.2) is 14.4 Å². The van der Waals surface area contributed by atoms with Gasteiger partial charge in [0.05, 0.1) is 35.0 Å². The summed E-state index contributed by atoms with van der Waals surface area (Å²) in [5.41, 5.74) is -0.314. The van der Waals surface area contributed by atoms with Crippen molar-refractivity contribution in [2.75, 3.05) is 19.8 Å². The van der Waals surface area contributed by atoms with Crippen molar-refractivity contribution < 1.29 is 43.9 Å². The topological polar surface area (TPSA) is 140 Å². The molecule has 0 saturated carbocycles. The van der Waals surface area contributed by atoms with Crippen LogP contribution in [0.3, 0.4) is 0 Å². The van der Waals surface area contributed by atoms with Gasteiger partial charge in [0.15, 0.2) is 0 Å². The molecule has 3 N–H and O–H groups in total. The highest BCUT2D eigenvalue weighted by molar-refractivity contribution is 6.00. The van der Waals surface area contributed by atoms with Gasteiger partial charge in [-0.1, -0.05) is 20.8 Å². The Morgan fingerprint density at radius 3 is 1.07 bits per heavy atom. The van der Waals surface area contributed by atoms with Crippen LogP contribution in [0.5, 0.6) is 0 Å². The molecule has 30 heavy (non-hydrogen) atoms. The summed E-state index contributed by atoms with van der Waals surface area (Å²) in [6.45, 7) is 4.44. The van der Waals surface area contributed by atoms with E-state index in [2.05, 4.69) is 0 Å². The number of hydrogen-bond acceptors (Lipinski definition) is 9. The van der Waals surface area contributed by atoms with Gasteiger partial charge in [0.1, 0.15) is 19.8 Å². The van der Waals surface area contributed by atoms with Crippen LogP contribution in [0.25, 0.3) is 0 Å². The molecule has 1 aromatic carbocycles. The first-order chi connectivity index (χ1) is 14.2. The van der Waals surface area contributed by atoms with Gasteiger partial charge in [0.25, 0.3) is 0 Å². The fourth-order valence-electron chi connectivity index (χ4n) is 2.10. The third kappa shape index (κ3) is 8.48. The van der Waals surface area contributed by atoms with Crippen molar-refractivity contribution in [2.24, 2.45) is 0 Å². The fraction of sp³-hybridized carbons (Fsp3) is 0.571. The maximum Gasteiger partial charge on any atom is 0.338 e. The Kier molecular flexibility index (Phi) is 11.0. The van der Waals surface area contributed by atoms with Crippen LogP contribution in [0.2, 0.25) is 0 Å². The molecular weight excluding hydrogens is 396 g/mol. The monoisotopic (exact) mass is 426 g/mol. The summed E-state index contributed by atoms with van der Waals surface area (Å²) in [6.07, 6.45) is -1.35. The van der Waals surface area contributed by atoms with Crippen LogP contribution in [0.4, 0.5) is 0 Å². The number of rotatable bonds is 12. The molecule has 1 rings (SSSR count). The zero-order valence-corrected chi connectivity index (χ0v) is 17.5. The Bertz CT molecular complexity index is 609. The summed E-state index contributed by atoms with van der Waals surface area (Å²) in [7, 11) is 0. The smallest absolute Gasteiger partial charge is 0.338 e. The van der Waals surface area contributed by atoms with E-state index < -0.39 is 36.2 Å². The largest absolute Gasteiger partial charge is 0.459 e. The molecule has 0 spiro atoms. The maximum absolute atomic E-state index is 12.3. The van der Waals surface area contributed by atoms with E-state index in [1.54, 1.807) is 20.8 Å². The summed E-state index contributed by atoms with van der Waals surface area (Å²) in [4.78, 5) is 37.0. The third-order valence-electron chi connectivity index (χ3n) is 4.27. The average molecular weight is 426 g/mol.